The first-order valence-corrected chi connectivity index (χ1v) is 16.5. The molecule has 1 aromatic heterocycles. The first kappa shape index (κ1) is 35.3. The maximum Gasteiger partial charge on any atom is 0.322 e. The number of anilines is 1. The number of urea groups is 1. The first-order chi connectivity index (χ1) is 22.8. The van der Waals surface area contributed by atoms with Gasteiger partial charge in [0.25, 0.3) is 0 Å². The SMILES string of the molecule is CCCCCCCNC(=O)N(CCOC(=O)CSc1nc(-c2ccc(OC)cc2)c(-c2ccc(OC)cc2)[nH]1)c1ccc(F)cc1F. The largest absolute Gasteiger partial charge is 0.497 e. The molecule has 0 spiro atoms. The molecule has 0 aliphatic rings. The highest BCUT2D eigenvalue weighted by Gasteiger charge is 2.21. The number of unbranched alkanes of at least 4 members (excludes halogenated alkanes) is 4. The van der Waals surface area contributed by atoms with Gasteiger partial charge >= 0.3 is 12.0 Å². The van der Waals surface area contributed by atoms with Gasteiger partial charge in [-0.2, -0.15) is 0 Å². The number of carbonyl (C=O) groups is 2. The van der Waals surface area contributed by atoms with Crippen LogP contribution in [-0.4, -0.2) is 61.6 Å². The van der Waals surface area contributed by atoms with Crippen molar-refractivity contribution in [3.8, 4) is 34.0 Å². The monoisotopic (exact) mass is 666 g/mol. The Bertz CT molecular complexity index is 1530. The summed E-state index contributed by atoms with van der Waals surface area (Å²) in [7, 11) is 3.20. The van der Waals surface area contributed by atoms with Crippen LogP contribution in [0.1, 0.15) is 39.0 Å². The molecule has 0 saturated heterocycles. The fourth-order valence-corrected chi connectivity index (χ4v) is 5.48. The molecule has 0 aliphatic heterocycles. The van der Waals surface area contributed by atoms with E-state index in [4.69, 9.17) is 19.2 Å². The number of carbonyl (C=O) groups excluding carboxylic acids is 2. The number of nitrogens with one attached hydrogen (secondary N) is 2. The number of H-pyrrole nitrogens is 1. The van der Waals surface area contributed by atoms with E-state index < -0.39 is 23.6 Å². The van der Waals surface area contributed by atoms with Gasteiger partial charge in [0.2, 0.25) is 0 Å². The number of rotatable bonds is 17. The number of hydrogen-bond acceptors (Lipinski definition) is 7. The Balaban J connectivity index is 1.39. The molecule has 47 heavy (non-hydrogen) atoms. The van der Waals surface area contributed by atoms with Crippen molar-refractivity contribution in [2.24, 2.45) is 0 Å². The molecule has 2 amide bonds. The molecule has 9 nitrogen and oxygen atoms in total. The van der Waals surface area contributed by atoms with Crippen LogP contribution in [0.3, 0.4) is 0 Å². The van der Waals surface area contributed by atoms with Gasteiger partial charge in [-0.15, -0.1) is 0 Å². The topological polar surface area (TPSA) is 106 Å². The molecule has 0 radical (unpaired) electrons. The number of esters is 1. The predicted molar refractivity (Wildman–Crippen MR) is 180 cm³/mol. The fourth-order valence-electron chi connectivity index (χ4n) is 4.81. The van der Waals surface area contributed by atoms with Crippen molar-refractivity contribution < 1.29 is 32.6 Å². The molecule has 0 unspecified atom stereocenters. The van der Waals surface area contributed by atoms with Crippen molar-refractivity contribution in [3.63, 3.8) is 0 Å². The smallest absolute Gasteiger partial charge is 0.322 e. The van der Waals surface area contributed by atoms with Gasteiger partial charge in [0.05, 0.1) is 43.6 Å². The molecule has 3 aromatic carbocycles. The Morgan fingerprint density at radius 1 is 0.894 bits per heavy atom. The number of imidazole rings is 1. The van der Waals surface area contributed by atoms with Gasteiger partial charge in [-0.05, 0) is 67.1 Å². The second-order valence-electron chi connectivity index (χ2n) is 10.6. The summed E-state index contributed by atoms with van der Waals surface area (Å²) >= 11 is 1.17. The average molecular weight is 667 g/mol. The number of benzene rings is 3. The lowest BCUT2D eigenvalue weighted by atomic mass is 10.0. The van der Waals surface area contributed by atoms with E-state index in [-0.39, 0.29) is 24.6 Å². The number of thioether (sulfide) groups is 1. The molecular formula is C35H40F2N4O5S. The van der Waals surface area contributed by atoms with Crippen molar-refractivity contribution in [1.29, 1.82) is 0 Å². The van der Waals surface area contributed by atoms with E-state index >= 15 is 0 Å². The average Bonchev–Trinajstić information content (AvgIpc) is 3.52. The van der Waals surface area contributed by atoms with Crippen molar-refractivity contribution in [3.05, 3.63) is 78.4 Å². The molecule has 0 atom stereocenters. The zero-order valence-electron chi connectivity index (χ0n) is 26.8. The van der Waals surface area contributed by atoms with E-state index in [2.05, 4.69) is 17.2 Å². The number of halogens is 2. The quantitative estimate of drug-likeness (QED) is 0.0672. The molecule has 0 saturated carbocycles. The third-order valence-electron chi connectivity index (χ3n) is 7.33. The molecule has 1 heterocycles. The number of hydrogen-bond donors (Lipinski definition) is 2. The summed E-state index contributed by atoms with van der Waals surface area (Å²) in [4.78, 5) is 34.9. The number of methoxy groups -OCH3 is 2. The van der Waals surface area contributed by atoms with Gasteiger partial charge in [-0.25, -0.2) is 18.6 Å². The van der Waals surface area contributed by atoms with Crippen molar-refractivity contribution in [1.82, 2.24) is 15.3 Å². The Kier molecular flexibility index (Phi) is 13.5. The van der Waals surface area contributed by atoms with Gasteiger partial charge in [-0.3, -0.25) is 9.69 Å². The van der Waals surface area contributed by atoms with Crippen LogP contribution in [0, 0.1) is 11.6 Å². The summed E-state index contributed by atoms with van der Waals surface area (Å²) < 4.78 is 44.2. The summed E-state index contributed by atoms with van der Waals surface area (Å²) in [5.74, 6) is -0.811. The molecule has 250 valence electrons. The molecule has 0 aliphatic carbocycles. The number of aromatic amines is 1. The van der Waals surface area contributed by atoms with Crippen LogP contribution >= 0.6 is 11.8 Å². The van der Waals surface area contributed by atoms with E-state index in [9.17, 15) is 18.4 Å². The molecular weight excluding hydrogens is 626 g/mol. The summed E-state index contributed by atoms with van der Waals surface area (Å²) in [6, 6.07) is 17.5. The van der Waals surface area contributed by atoms with Gasteiger partial charge in [0.15, 0.2) is 5.16 Å². The van der Waals surface area contributed by atoms with E-state index in [0.717, 1.165) is 65.6 Å². The van der Waals surface area contributed by atoms with E-state index in [1.54, 1.807) is 14.2 Å². The molecule has 4 rings (SSSR count). The van der Waals surface area contributed by atoms with Crippen LogP contribution in [-0.2, 0) is 9.53 Å². The van der Waals surface area contributed by atoms with Crippen LogP contribution in [0.15, 0.2) is 71.9 Å². The zero-order chi connectivity index (χ0) is 33.6. The number of amides is 2. The Morgan fingerprint density at radius 2 is 1.55 bits per heavy atom. The Labute approximate surface area is 278 Å². The molecule has 0 fully saturated rings. The Hall–Kier alpha value is -4.58. The van der Waals surface area contributed by atoms with E-state index in [1.807, 2.05) is 48.5 Å². The lowest BCUT2D eigenvalue weighted by Gasteiger charge is -2.23. The highest BCUT2D eigenvalue weighted by Crippen LogP contribution is 2.34. The Morgan fingerprint density at radius 3 is 2.19 bits per heavy atom. The van der Waals surface area contributed by atoms with Crippen molar-refractivity contribution in [2.75, 3.05) is 44.6 Å². The summed E-state index contributed by atoms with van der Waals surface area (Å²) in [6.45, 7) is 2.23. The molecule has 2 N–H and O–H groups in total. The summed E-state index contributed by atoms with van der Waals surface area (Å²) in [5.41, 5.74) is 3.10. The minimum Gasteiger partial charge on any atom is -0.497 e. The maximum absolute atomic E-state index is 14.6. The van der Waals surface area contributed by atoms with Crippen molar-refractivity contribution >= 4 is 29.4 Å². The van der Waals surface area contributed by atoms with Gasteiger partial charge in [0.1, 0.15) is 29.7 Å². The second kappa shape index (κ2) is 17.9. The number of aromatic nitrogens is 2. The van der Waals surface area contributed by atoms with Crippen LogP contribution in [0.4, 0.5) is 19.3 Å². The zero-order valence-corrected chi connectivity index (χ0v) is 27.6. The fraction of sp³-hybridized carbons (Fsp3) is 0.343. The first-order valence-electron chi connectivity index (χ1n) is 15.5. The normalized spacial score (nSPS) is 10.8. The van der Waals surface area contributed by atoms with Gasteiger partial charge < -0.3 is 24.5 Å². The second-order valence-corrected chi connectivity index (χ2v) is 11.6. The van der Waals surface area contributed by atoms with E-state index in [1.165, 1.54) is 17.8 Å². The minimum absolute atomic E-state index is 0.0630. The van der Waals surface area contributed by atoms with Crippen LogP contribution in [0.25, 0.3) is 22.5 Å². The third kappa shape index (κ3) is 10.2. The van der Waals surface area contributed by atoms with Crippen molar-refractivity contribution in [2.45, 2.75) is 44.2 Å². The van der Waals surface area contributed by atoms with Crippen LogP contribution in [0.2, 0.25) is 0 Å². The highest BCUT2D eigenvalue weighted by atomic mass is 32.2. The lowest BCUT2D eigenvalue weighted by Crippen LogP contribution is -2.43. The lowest BCUT2D eigenvalue weighted by molar-refractivity contribution is -0.140. The van der Waals surface area contributed by atoms with Gasteiger partial charge in [0, 0.05) is 23.7 Å². The number of ether oxygens (including phenoxy) is 3. The number of nitrogens with zero attached hydrogens (tertiary/aromatic N) is 2. The molecule has 12 heteroatoms. The standard InChI is InChI=1S/C35H40F2N4O5S/c1-4-5-6-7-8-19-38-35(43)41(30-18-13-26(36)22-29(30)37)20-21-46-31(42)23-47-34-39-32(24-9-14-27(44-2)15-10-24)33(40-34)25-11-16-28(45-3)17-12-25/h9-18,22H,4-8,19-21,23H2,1-3H3,(H,38,43)(H,39,40). The maximum atomic E-state index is 14.6. The molecule has 0 bridgehead atoms. The van der Waals surface area contributed by atoms with Gasteiger partial charge in [-0.1, -0.05) is 44.4 Å². The van der Waals surface area contributed by atoms with Crippen LogP contribution < -0.4 is 19.7 Å². The summed E-state index contributed by atoms with van der Waals surface area (Å²) in [6.07, 6.45) is 5.05. The summed E-state index contributed by atoms with van der Waals surface area (Å²) in [5, 5.41) is 3.29. The molecule has 4 aromatic rings. The third-order valence-corrected chi connectivity index (χ3v) is 8.18. The highest BCUT2D eigenvalue weighted by molar-refractivity contribution is 7.99. The van der Waals surface area contributed by atoms with E-state index in [0.29, 0.717) is 29.2 Å². The predicted octanol–water partition coefficient (Wildman–Crippen LogP) is 7.86. The van der Waals surface area contributed by atoms with Crippen LogP contribution in [0.5, 0.6) is 11.5 Å². The minimum atomic E-state index is -0.886.